The Labute approximate surface area is 816 Å². The molecule has 16 rings (SSSR count). The fourth-order valence-corrected chi connectivity index (χ4v) is 17.4. The van der Waals surface area contributed by atoms with Gasteiger partial charge in [0.2, 0.25) is 0 Å². The summed E-state index contributed by atoms with van der Waals surface area (Å²) in [7, 11) is 1.66. The maximum absolute atomic E-state index is 12.8. The molecule has 33 heteroatoms. The van der Waals surface area contributed by atoms with E-state index < -0.39 is 38.3 Å². The van der Waals surface area contributed by atoms with Crippen LogP contribution in [0.25, 0.3) is 11.0 Å². The highest BCUT2D eigenvalue weighted by Crippen LogP contribution is 2.45. The molecule has 8 aromatic carbocycles. The number of hydroxylamine groups is 2. The first-order chi connectivity index (χ1) is 61.2. The number of carbonyl (C=O) groups excluding carboxylic acids is 6. The van der Waals surface area contributed by atoms with Crippen LogP contribution in [0, 0.1) is 41.5 Å². The van der Waals surface area contributed by atoms with Gasteiger partial charge < -0.3 is 42.9 Å². The Balaban J connectivity index is 0.000000173. The zero-order valence-corrected chi connectivity index (χ0v) is 87.1. The van der Waals surface area contributed by atoms with E-state index in [0.29, 0.717) is 38.5 Å². The van der Waals surface area contributed by atoms with E-state index in [9.17, 15) is 38.7 Å². The molecule has 0 spiro atoms. The molecule has 0 bridgehead atoms. The van der Waals surface area contributed by atoms with Gasteiger partial charge in [-0.1, -0.05) is 152 Å². The molecule has 6 aliphatic heterocycles. The number of Topliss-reactive ketones (excluding diaryl/α,β-unsaturated/α-hetero) is 1. The summed E-state index contributed by atoms with van der Waals surface area (Å²) in [4.78, 5) is 99.4. The van der Waals surface area contributed by atoms with Crippen molar-refractivity contribution in [3.8, 4) is 0 Å². The molecular weight excluding hydrogens is 2010 g/mol. The molecule has 10 aromatic rings. The number of carbonyl (C=O) groups is 7. The van der Waals surface area contributed by atoms with Gasteiger partial charge in [0, 0.05) is 47.1 Å². The molecule has 4 saturated heterocycles. The number of ketones is 1. The first-order valence-electron chi connectivity index (χ1n) is 42.8. The lowest BCUT2D eigenvalue weighted by Crippen LogP contribution is -2.41. The van der Waals surface area contributed by atoms with E-state index in [1.165, 1.54) is 28.3 Å². The number of hydrogen-bond donors (Lipinski definition) is 2. The summed E-state index contributed by atoms with van der Waals surface area (Å²) in [5.74, 6) is -1.82. The highest BCUT2D eigenvalue weighted by atomic mass is 79.9. The third-order valence-corrected chi connectivity index (χ3v) is 27.3. The number of amides is 5. The second kappa shape index (κ2) is 44.5. The van der Waals surface area contributed by atoms with Crippen molar-refractivity contribution in [3.05, 3.63) is 287 Å². The lowest BCUT2D eigenvalue weighted by Gasteiger charge is -2.32. The first kappa shape index (κ1) is 106. The molecule has 8 heterocycles. The quantitative estimate of drug-likeness (QED) is 0.0378. The Morgan fingerprint density at radius 1 is 0.496 bits per heavy atom. The van der Waals surface area contributed by atoms with E-state index in [-0.39, 0.29) is 82.1 Å². The lowest BCUT2D eigenvalue weighted by atomic mass is 9.49. The van der Waals surface area contributed by atoms with Crippen LogP contribution >= 0.6 is 91.3 Å². The number of nitrogens with zero attached hydrogens (tertiary/aromatic N) is 7. The number of aliphatic hydroxyl groups is 1. The zero-order valence-electron chi connectivity index (χ0n) is 78.5. The van der Waals surface area contributed by atoms with E-state index in [0.717, 1.165) is 120 Å². The molecule has 4 fully saturated rings. The van der Waals surface area contributed by atoms with E-state index in [2.05, 4.69) is 94.7 Å². The minimum atomic E-state index is -0.880. The average Bonchev–Trinajstić information content (AvgIpc) is 1.59. The van der Waals surface area contributed by atoms with Crippen LogP contribution in [0.3, 0.4) is 0 Å². The van der Waals surface area contributed by atoms with Gasteiger partial charge in [-0.25, -0.2) is 24.5 Å². The Kier molecular flexibility index (Phi) is 36.1. The van der Waals surface area contributed by atoms with E-state index in [1.54, 1.807) is 111 Å². The van der Waals surface area contributed by atoms with Crippen molar-refractivity contribution in [1.29, 1.82) is 0 Å². The summed E-state index contributed by atoms with van der Waals surface area (Å²) in [6.07, 6.45) is 6.00. The van der Waals surface area contributed by atoms with Crippen molar-refractivity contribution in [2.75, 3.05) is 20.8 Å². The molecule has 0 radical (unpaired) electrons. The molecule has 4 unspecified atom stereocenters. The fraction of sp³-hybridized carbons (Fsp3) is 0.388. The minimum Gasteiger partial charge on any atom is -0.478 e. The van der Waals surface area contributed by atoms with Gasteiger partial charge in [0.05, 0.1) is 98.3 Å². The van der Waals surface area contributed by atoms with Gasteiger partial charge in [0.25, 0.3) is 29.5 Å². The first-order valence-corrected chi connectivity index (χ1v) is 47.1. The summed E-state index contributed by atoms with van der Waals surface area (Å²) in [5.41, 5.74) is 11.9. The largest absolute Gasteiger partial charge is 0.494 e. The minimum absolute atomic E-state index is 0.0165. The van der Waals surface area contributed by atoms with Crippen molar-refractivity contribution >= 4 is 170 Å². The van der Waals surface area contributed by atoms with Crippen LogP contribution in [0.4, 0.5) is 0 Å². The lowest BCUT2D eigenvalue weighted by molar-refractivity contribution is -0.0757. The number of carboxylic acid groups (broad SMARTS) is 1. The Bertz CT molecular complexity index is 5660. The zero-order chi connectivity index (χ0) is 97.2. The second-order valence-electron chi connectivity index (χ2n) is 35.6. The number of aromatic carboxylic acids is 1. The van der Waals surface area contributed by atoms with Gasteiger partial charge in [-0.05, 0) is 324 Å². The third-order valence-electron chi connectivity index (χ3n) is 24.6. The Morgan fingerprint density at radius 2 is 0.855 bits per heavy atom. The normalized spacial score (nSPS) is 17.9. The van der Waals surface area contributed by atoms with Crippen LogP contribution in [0.5, 0.6) is 0 Å². The summed E-state index contributed by atoms with van der Waals surface area (Å²) >= 11 is 22.7. The highest BCUT2D eigenvalue weighted by molar-refractivity contribution is 9.11. The van der Waals surface area contributed by atoms with Gasteiger partial charge >= 0.3 is 27.1 Å². The predicted octanol–water partition coefficient (Wildman–Crippen LogP) is 22.8. The standard InChI is InChI=1S/C23H26BNO4.C17H14BrNO2.C12H24B2O4.C10H12BrNO2.C10H11ClN4O.C9H11BrO.C9H9BrO.C8H7BrO2/c1-14-13-16(24-28-22(3,4)23(5,6)29-24)11-12-17(14)15(2)25-20(26)18-9-7-8-10-19(18)21(25)27;1-10-9-12(18)7-8-13(10)11(2)19-16(20)14-5-3-4-6-15(14)17(19)21;1-9(2)10(3,4)16-13(15-9)14-17-11(5,6)12(7,8)18-14;1-7-6-8(11)4-5-9(7)10(13)12(2)14-3;11-9-7-5-14-15(10(7)13-6-12-9)8-3-1-2-4-16-8;2*1-6-5-8(10)3-4-9(6)7(2)11;1-5-4-6(9)2-3-7(5)8(10)11/h7-13,15H,1-6H3;3-9,11H,1-2H3;1-8H3;4-6H,1-3H3;5-6,8H,1-4H2;3-5,7,11H,1-2H3;3-5H,1-2H3;2-4H,1H3,(H,10,11). The number of aliphatic hydroxyl groups excluding tert-OH is 1. The van der Waals surface area contributed by atoms with Gasteiger partial charge in [-0.15, -0.1) is 0 Å². The van der Waals surface area contributed by atoms with Gasteiger partial charge in [0.15, 0.2) is 17.7 Å². The van der Waals surface area contributed by atoms with Crippen LogP contribution in [0.1, 0.15) is 277 Å². The second-order valence-corrected chi connectivity index (χ2v) is 40.5. The van der Waals surface area contributed by atoms with Crippen molar-refractivity contribution in [2.45, 2.75) is 230 Å². The van der Waals surface area contributed by atoms with Gasteiger partial charge in [-0.2, -0.15) is 5.10 Å². The summed E-state index contributed by atoms with van der Waals surface area (Å²) < 4.78 is 48.5. The molecule has 0 saturated carbocycles. The molecule has 2 aromatic heterocycles. The summed E-state index contributed by atoms with van der Waals surface area (Å²) in [6.45, 7) is 43.8. The number of halogens is 6. The van der Waals surface area contributed by atoms with Crippen molar-refractivity contribution in [2.24, 2.45) is 0 Å². The highest BCUT2D eigenvalue weighted by Gasteiger charge is 2.64. The maximum atomic E-state index is 12.8. The van der Waals surface area contributed by atoms with Gasteiger partial charge in [0.1, 0.15) is 11.5 Å². The van der Waals surface area contributed by atoms with Crippen molar-refractivity contribution in [3.63, 3.8) is 0 Å². The van der Waals surface area contributed by atoms with E-state index >= 15 is 0 Å². The van der Waals surface area contributed by atoms with E-state index in [4.69, 9.17) is 54.2 Å². The smallest absolute Gasteiger partial charge is 0.478 e. The molecule has 24 nitrogen and oxygen atoms in total. The molecule has 6 aliphatic rings. The van der Waals surface area contributed by atoms with Crippen LogP contribution in [0.15, 0.2) is 193 Å². The molecular formula is C98H114B3Br5ClN7O17. The number of imide groups is 2. The monoisotopic (exact) mass is 2120 g/mol. The molecule has 2 N–H and O–H groups in total. The number of benzene rings is 8. The summed E-state index contributed by atoms with van der Waals surface area (Å²) in [5, 5.41) is 24.6. The number of carboxylic acids is 1. The molecule has 5 amide bonds. The topological polar surface area (TPSA) is 287 Å². The number of aryl methyl sites for hydroxylation is 6. The Hall–Kier alpha value is -8.28. The molecule has 4 atom stereocenters. The van der Waals surface area contributed by atoms with Crippen LogP contribution in [0.2, 0.25) is 5.15 Å². The van der Waals surface area contributed by atoms with Crippen LogP contribution in [-0.4, -0.2) is 162 Å². The van der Waals surface area contributed by atoms with Crippen molar-refractivity contribution < 1.29 is 81.3 Å². The van der Waals surface area contributed by atoms with Crippen molar-refractivity contribution in [1.82, 2.24) is 34.6 Å². The number of fused-ring (bicyclic) bond motifs is 3. The Morgan fingerprint density at radius 3 is 1.21 bits per heavy atom. The molecule has 0 aliphatic carbocycles. The molecule has 131 heavy (non-hydrogen) atoms. The van der Waals surface area contributed by atoms with Crippen LogP contribution < -0.4 is 5.46 Å². The number of aromatic nitrogens is 4. The molecule has 694 valence electrons. The number of ether oxygens (including phenoxy) is 1. The van der Waals surface area contributed by atoms with Crippen LogP contribution in [-0.2, 0) is 37.5 Å². The fourth-order valence-electron chi connectivity index (χ4n) is 14.9. The van der Waals surface area contributed by atoms with E-state index in [1.807, 2.05) is 216 Å². The SMILES string of the molecule is CC(=O)c1ccc(Br)cc1C.CC1(C)OB(B2OC(C)(C)C(C)(C)O2)OC1(C)C.CON(C)C(=O)c1ccc(Br)cc1C.Cc1cc(B2OC(C)(C)C(C)(C)O2)ccc1C(C)N1C(=O)c2ccccc2C1=O.Cc1cc(Br)ccc1C(=O)O.Cc1cc(Br)ccc1C(C)N1C(=O)c2ccccc2C1=O.Cc1cc(Br)ccc1C(C)O.Clc1ncnc2c1cnn2C1CCCCO1. The maximum Gasteiger partial charge on any atom is 0.494 e. The average molecular weight is 2130 g/mol. The summed E-state index contributed by atoms with van der Waals surface area (Å²) in [6, 6.07) is 47.2. The number of hydrogen-bond acceptors (Lipinski definition) is 19. The third kappa shape index (κ3) is 25.5. The number of rotatable bonds is 12. The predicted molar refractivity (Wildman–Crippen MR) is 530 cm³/mol. The van der Waals surface area contributed by atoms with Gasteiger partial charge in [-0.3, -0.25) is 43.4 Å².